The summed E-state index contributed by atoms with van der Waals surface area (Å²) >= 11 is 0. The number of rotatable bonds is 4. The Bertz CT molecular complexity index is 1860. The van der Waals surface area contributed by atoms with Crippen LogP contribution in [-0.4, -0.2) is 19.1 Å². The van der Waals surface area contributed by atoms with E-state index in [0.29, 0.717) is 11.3 Å². The van der Waals surface area contributed by atoms with E-state index in [0.717, 1.165) is 44.8 Å². The fourth-order valence-electron chi connectivity index (χ4n) is 4.94. The number of pyridine rings is 1. The average molecular weight is 498 g/mol. The third-order valence-corrected chi connectivity index (χ3v) is 6.87. The van der Waals surface area contributed by atoms with E-state index in [2.05, 4.69) is 48.5 Å². The molecular weight excluding hydrogens is 470 g/mol. The van der Waals surface area contributed by atoms with Crippen LogP contribution in [0.2, 0.25) is 0 Å². The van der Waals surface area contributed by atoms with Crippen molar-refractivity contribution >= 4 is 21.8 Å². The van der Waals surface area contributed by atoms with Gasteiger partial charge < -0.3 is 9.30 Å². The highest BCUT2D eigenvalue weighted by molar-refractivity contribution is 6.12. The first-order valence-corrected chi connectivity index (χ1v) is 12.5. The van der Waals surface area contributed by atoms with Gasteiger partial charge in [0.2, 0.25) is 0 Å². The number of ether oxygens (including phenoxy) is 1. The van der Waals surface area contributed by atoms with Crippen molar-refractivity contribution in [2.45, 2.75) is 26.2 Å². The van der Waals surface area contributed by atoms with Gasteiger partial charge in [0.1, 0.15) is 23.1 Å². The summed E-state index contributed by atoms with van der Waals surface area (Å²) in [6.07, 6.45) is 5.56. The molecule has 0 N–H and O–H groups in total. The molecule has 6 aromatic rings. The second-order valence-electron chi connectivity index (χ2n) is 10.5. The summed E-state index contributed by atoms with van der Waals surface area (Å²) < 4.78 is 10.5. The van der Waals surface area contributed by atoms with Crippen LogP contribution < -0.4 is 4.74 Å². The van der Waals surface area contributed by atoms with Crippen LogP contribution in [0.4, 0.5) is 0 Å². The standard InChI is InChI=1S/C32H27N5O/c1-32(2,3)23-13-14-34-29(18-23)37-27-10-6-8-22(20-33)30(27)26-12-11-25(19-28(26)37)38-24-9-5-7-21(17-24)31-35-15-16-36(31)4/h5-19H,1-4H3. The van der Waals surface area contributed by atoms with Gasteiger partial charge in [-0.2, -0.15) is 5.26 Å². The van der Waals surface area contributed by atoms with Crippen molar-refractivity contribution in [2.75, 3.05) is 0 Å². The summed E-state index contributed by atoms with van der Waals surface area (Å²) in [4.78, 5) is 9.20. The van der Waals surface area contributed by atoms with Gasteiger partial charge in [0.25, 0.3) is 0 Å². The van der Waals surface area contributed by atoms with Crippen molar-refractivity contribution < 1.29 is 4.74 Å². The molecule has 0 spiro atoms. The monoisotopic (exact) mass is 497 g/mol. The lowest BCUT2D eigenvalue weighted by Gasteiger charge is -2.20. The van der Waals surface area contributed by atoms with E-state index >= 15 is 0 Å². The Morgan fingerprint density at radius 1 is 0.842 bits per heavy atom. The number of nitriles is 1. The largest absolute Gasteiger partial charge is 0.457 e. The van der Waals surface area contributed by atoms with Crippen LogP contribution in [0.5, 0.6) is 11.5 Å². The van der Waals surface area contributed by atoms with E-state index in [1.165, 1.54) is 5.56 Å². The van der Waals surface area contributed by atoms with Gasteiger partial charge in [0.05, 0.1) is 22.7 Å². The van der Waals surface area contributed by atoms with Crippen LogP contribution in [-0.2, 0) is 12.5 Å². The van der Waals surface area contributed by atoms with Crippen molar-refractivity contribution in [2.24, 2.45) is 7.05 Å². The van der Waals surface area contributed by atoms with Crippen LogP contribution in [0.15, 0.2) is 91.4 Å². The topological polar surface area (TPSA) is 68.7 Å². The summed E-state index contributed by atoms with van der Waals surface area (Å²) in [7, 11) is 1.97. The molecule has 0 aliphatic heterocycles. The maximum absolute atomic E-state index is 9.89. The van der Waals surface area contributed by atoms with Crippen molar-refractivity contribution in [3.05, 3.63) is 103 Å². The minimum absolute atomic E-state index is 0.0270. The van der Waals surface area contributed by atoms with E-state index in [1.54, 1.807) is 6.20 Å². The van der Waals surface area contributed by atoms with Crippen LogP contribution in [0.3, 0.4) is 0 Å². The van der Waals surface area contributed by atoms with Crippen LogP contribution in [0.1, 0.15) is 31.9 Å². The first kappa shape index (κ1) is 23.5. The third-order valence-electron chi connectivity index (χ3n) is 6.87. The summed E-state index contributed by atoms with van der Waals surface area (Å²) in [5.41, 5.74) is 4.64. The van der Waals surface area contributed by atoms with Gasteiger partial charge in [0, 0.05) is 48.0 Å². The number of benzene rings is 3. The quantitative estimate of drug-likeness (QED) is 0.252. The molecule has 6 nitrogen and oxygen atoms in total. The van der Waals surface area contributed by atoms with Gasteiger partial charge in [0.15, 0.2) is 0 Å². The van der Waals surface area contributed by atoms with E-state index in [4.69, 9.17) is 9.72 Å². The highest BCUT2D eigenvalue weighted by Crippen LogP contribution is 2.37. The molecule has 38 heavy (non-hydrogen) atoms. The summed E-state index contributed by atoms with van der Waals surface area (Å²) in [5, 5.41) is 11.8. The molecule has 0 aliphatic carbocycles. The van der Waals surface area contributed by atoms with Gasteiger partial charge in [-0.25, -0.2) is 9.97 Å². The van der Waals surface area contributed by atoms with Crippen LogP contribution >= 0.6 is 0 Å². The molecule has 3 aromatic heterocycles. The van der Waals surface area contributed by atoms with Crippen molar-refractivity contribution in [3.8, 4) is 34.8 Å². The lowest BCUT2D eigenvalue weighted by Crippen LogP contribution is -2.12. The van der Waals surface area contributed by atoms with Crippen molar-refractivity contribution in [1.29, 1.82) is 5.26 Å². The maximum Gasteiger partial charge on any atom is 0.139 e. The molecule has 0 saturated carbocycles. The highest BCUT2D eigenvalue weighted by Gasteiger charge is 2.19. The van der Waals surface area contributed by atoms with Gasteiger partial charge >= 0.3 is 0 Å². The number of hydrogen-bond acceptors (Lipinski definition) is 4. The fourth-order valence-corrected chi connectivity index (χ4v) is 4.94. The van der Waals surface area contributed by atoms with E-state index in [9.17, 15) is 5.26 Å². The molecule has 6 heteroatoms. The van der Waals surface area contributed by atoms with Gasteiger partial charge in [-0.15, -0.1) is 0 Å². The molecule has 0 amide bonds. The van der Waals surface area contributed by atoms with Gasteiger partial charge in [-0.3, -0.25) is 4.57 Å². The number of nitrogens with zero attached hydrogens (tertiary/aromatic N) is 5. The fraction of sp³-hybridized carbons (Fsp3) is 0.156. The molecule has 0 atom stereocenters. The zero-order valence-electron chi connectivity index (χ0n) is 21.8. The van der Waals surface area contributed by atoms with Gasteiger partial charge in [-0.05, 0) is 59.5 Å². The molecule has 0 saturated heterocycles. The van der Waals surface area contributed by atoms with E-state index in [-0.39, 0.29) is 5.41 Å². The average Bonchev–Trinajstić information content (AvgIpc) is 3.49. The number of aromatic nitrogens is 4. The zero-order chi connectivity index (χ0) is 26.4. The summed E-state index contributed by atoms with van der Waals surface area (Å²) in [5.74, 6) is 3.10. The first-order chi connectivity index (χ1) is 18.3. The predicted octanol–water partition coefficient (Wildman–Crippen LogP) is 7.54. The number of fused-ring (bicyclic) bond motifs is 3. The minimum Gasteiger partial charge on any atom is -0.457 e. The number of imidazole rings is 1. The van der Waals surface area contributed by atoms with E-state index < -0.39 is 0 Å². The molecule has 0 fully saturated rings. The Morgan fingerprint density at radius 3 is 2.42 bits per heavy atom. The van der Waals surface area contributed by atoms with Crippen molar-refractivity contribution in [3.63, 3.8) is 0 Å². The molecule has 186 valence electrons. The lowest BCUT2D eigenvalue weighted by atomic mass is 9.88. The maximum atomic E-state index is 9.89. The van der Waals surface area contributed by atoms with E-state index in [1.807, 2.05) is 84.7 Å². The Hall–Kier alpha value is -4.89. The Kier molecular flexibility index (Phi) is 5.50. The molecule has 3 aromatic carbocycles. The molecule has 0 radical (unpaired) electrons. The molecule has 6 rings (SSSR count). The predicted molar refractivity (Wildman–Crippen MR) is 151 cm³/mol. The van der Waals surface area contributed by atoms with Gasteiger partial charge in [-0.1, -0.05) is 39.0 Å². The normalized spacial score (nSPS) is 11.7. The molecular formula is C32H27N5O. The Balaban J connectivity index is 1.52. The second-order valence-corrected chi connectivity index (χ2v) is 10.5. The Labute approximate surface area is 221 Å². The number of hydrogen-bond donors (Lipinski definition) is 0. The van der Waals surface area contributed by atoms with Crippen LogP contribution in [0, 0.1) is 11.3 Å². The molecule has 3 heterocycles. The summed E-state index contributed by atoms with van der Waals surface area (Å²) in [6.45, 7) is 6.57. The Morgan fingerprint density at radius 2 is 1.66 bits per heavy atom. The molecule has 0 bridgehead atoms. The first-order valence-electron chi connectivity index (χ1n) is 12.5. The third kappa shape index (κ3) is 3.99. The summed E-state index contributed by atoms with van der Waals surface area (Å²) in [6, 6.07) is 26.3. The molecule has 0 unspecified atom stereocenters. The smallest absolute Gasteiger partial charge is 0.139 e. The number of aryl methyl sites for hydroxylation is 1. The van der Waals surface area contributed by atoms with Crippen LogP contribution in [0.25, 0.3) is 39.0 Å². The highest BCUT2D eigenvalue weighted by atomic mass is 16.5. The molecule has 0 aliphatic rings. The zero-order valence-corrected chi connectivity index (χ0v) is 21.8. The second kappa shape index (κ2) is 8.89. The SMILES string of the molecule is Cn1ccnc1-c1cccc(Oc2ccc3c4c(C#N)cccc4n(-c4cc(C(C)(C)C)ccn4)c3c2)c1. The minimum atomic E-state index is -0.0270. The lowest BCUT2D eigenvalue weighted by molar-refractivity contribution is 0.483. The van der Waals surface area contributed by atoms with Crippen molar-refractivity contribution in [1.82, 2.24) is 19.1 Å².